The molecule has 1 aromatic heterocycles. The highest BCUT2D eigenvalue weighted by atomic mass is 79.9. The van der Waals surface area contributed by atoms with E-state index in [0.717, 1.165) is 21.2 Å². The van der Waals surface area contributed by atoms with Crippen LogP contribution in [0.4, 0.5) is 8.78 Å². The fourth-order valence-electron chi connectivity index (χ4n) is 2.86. The summed E-state index contributed by atoms with van der Waals surface area (Å²) in [6, 6.07) is 14.8. The SMILES string of the molecule is O=C(CCc1cc(Br)ccc1OC(F)F)NCc1ccccc1-c1ccsc1. The van der Waals surface area contributed by atoms with Gasteiger partial charge < -0.3 is 10.1 Å². The van der Waals surface area contributed by atoms with Gasteiger partial charge in [-0.15, -0.1) is 0 Å². The van der Waals surface area contributed by atoms with Gasteiger partial charge in [-0.05, 0) is 63.7 Å². The lowest BCUT2D eigenvalue weighted by molar-refractivity contribution is -0.121. The summed E-state index contributed by atoms with van der Waals surface area (Å²) in [7, 11) is 0. The molecule has 1 N–H and O–H groups in total. The maximum absolute atomic E-state index is 12.6. The number of halogens is 3. The summed E-state index contributed by atoms with van der Waals surface area (Å²) in [5.41, 5.74) is 3.79. The van der Waals surface area contributed by atoms with Gasteiger partial charge in [-0.25, -0.2) is 0 Å². The number of ether oxygens (including phenoxy) is 1. The first-order valence-corrected chi connectivity index (χ1v) is 10.4. The van der Waals surface area contributed by atoms with E-state index in [1.165, 1.54) is 6.07 Å². The second-order valence-corrected chi connectivity index (χ2v) is 7.77. The van der Waals surface area contributed by atoms with Gasteiger partial charge in [-0.1, -0.05) is 40.2 Å². The Hall–Kier alpha value is -2.25. The Morgan fingerprint density at radius 3 is 2.71 bits per heavy atom. The summed E-state index contributed by atoms with van der Waals surface area (Å²) in [6.07, 6.45) is 0.482. The third kappa shape index (κ3) is 5.62. The molecule has 0 aliphatic rings. The Bertz CT molecular complexity index is 932. The minimum atomic E-state index is -2.90. The maximum Gasteiger partial charge on any atom is 0.387 e. The van der Waals surface area contributed by atoms with Crippen molar-refractivity contribution in [2.75, 3.05) is 0 Å². The van der Waals surface area contributed by atoms with Crippen molar-refractivity contribution in [3.8, 4) is 16.9 Å². The molecule has 2 aromatic carbocycles. The molecule has 0 spiro atoms. The molecular formula is C21H18BrF2NO2S. The van der Waals surface area contributed by atoms with E-state index < -0.39 is 6.61 Å². The molecule has 0 aliphatic carbocycles. The molecule has 3 aromatic rings. The van der Waals surface area contributed by atoms with Crippen LogP contribution in [0.15, 0.2) is 63.8 Å². The standard InChI is InChI=1S/C21H18BrF2NO2S/c22-17-6-7-19(27-21(23)24)14(11-17)5-8-20(26)25-12-15-3-1-2-4-18(15)16-9-10-28-13-16/h1-4,6-7,9-11,13,21H,5,8,12H2,(H,25,26). The van der Waals surface area contributed by atoms with Crippen molar-refractivity contribution < 1.29 is 18.3 Å². The fraction of sp³-hybridized carbons (Fsp3) is 0.190. The maximum atomic E-state index is 12.6. The van der Waals surface area contributed by atoms with Crippen molar-refractivity contribution in [1.29, 1.82) is 0 Å². The van der Waals surface area contributed by atoms with E-state index in [0.29, 0.717) is 18.5 Å². The first-order valence-electron chi connectivity index (χ1n) is 8.63. The first kappa shape index (κ1) is 20.5. The number of amides is 1. The van der Waals surface area contributed by atoms with Gasteiger partial charge >= 0.3 is 6.61 Å². The monoisotopic (exact) mass is 465 g/mol. The molecule has 3 rings (SSSR count). The van der Waals surface area contributed by atoms with Crippen LogP contribution in [0.1, 0.15) is 17.5 Å². The van der Waals surface area contributed by atoms with Crippen molar-refractivity contribution in [3.63, 3.8) is 0 Å². The van der Waals surface area contributed by atoms with E-state index in [9.17, 15) is 13.6 Å². The molecule has 0 bridgehead atoms. The van der Waals surface area contributed by atoms with Crippen molar-refractivity contribution in [2.45, 2.75) is 26.0 Å². The van der Waals surface area contributed by atoms with E-state index in [2.05, 4.69) is 31.4 Å². The van der Waals surface area contributed by atoms with Crippen molar-refractivity contribution in [2.24, 2.45) is 0 Å². The predicted molar refractivity (Wildman–Crippen MR) is 111 cm³/mol. The molecule has 0 fully saturated rings. The Kier molecular flexibility index (Phi) is 7.17. The zero-order chi connectivity index (χ0) is 19.9. The van der Waals surface area contributed by atoms with Crippen LogP contribution >= 0.6 is 27.3 Å². The Balaban J connectivity index is 1.60. The number of rotatable bonds is 8. The number of thiophene rings is 1. The average molecular weight is 466 g/mol. The van der Waals surface area contributed by atoms with Crippen molar-refractivity contribution >= 4 is 33.2 Å². The quantitative estimate of drug-likeness (QED) is 0.441. The number of carbonyl (C=O) groups is 1. The first-order chi connectivity index (χ1) is 13.5. The summed E-state index contributed by atoms with van der Waals surface area (Å²) in [5.74, 6) is -0.0584. The highest BCUT2D eigenvalue weighted by Gasteiger charge is 2.12. The summed E-state index contributed by atoms with van der Waals surface area (Å²) in [4.78, 5) is 12.3. The molecule has 28 heavy (non-hydrogen) atoms. The Morgan fingerprint density at radius 2 is 1.96 bits per heavy atom. The lowest BCUT2D eigenvalue weighted by Crippen LogP contribution is -2.23. The van der Waals surface area contributed by atoms with Crippen molar-refractivity contribution in [3.05, 3.63) is 74.9 Å². The highest BCUT2D eigenvalue weighted by molar-refractivity contribution is 9.10. The molecule has 0 saturated carbocycles. The zero-order valence-electron chi connectivity index (χ0n) is 14.8. The number of carbonyl (C=O) groups excluding carboxylic acids is 1. The third-order valence-corrected chi connectivity index (χ3v) is 5.36. The number of benzene rings is 2. The second-order valence-electron chi connectivity index (χ2n) is 6.08. The number of hydrogen-bond acceptors (Lipinski definition) is 3. The van der Waals surface area contributed by atoms with E-state index >= 15 is 0 Å². The van der Waals surface area contributed by atoms with Gasteiger partial charge in [0.1, 0.15) is 5.75 Å². The van der Waals surface area contributed by atoms with Gasteiger partial charge in [0.15, 0.2) is 0 Å². The van der Waals surface area contributed by atoms with Crippen LogP contribution in [-0.4, -0.2) is 12.5 Å². The minimum absolute atomic E-state index is 0.0915. The smallest absolute Gasteiger partial charge is 0.387 e. The van der Waals surface area contributed by atoms with Crippen LogP contribution in [0.2, 0.25) is 0 Å². The van der Waals surface area contributed by atoms with E-state index in [1.54, 1.807) is 23.5 Å². The summed E-state index contributed by atoms with van der Waals surface area (Å²) < 4.78 is 30.4. The van der Waals surface area contributed by atoms with Gasteiger partial charge in [0.2, 0.25) is 5.91 Å². The number of nitrogens with one attached hydrogen (secondary N) is 1. The van der Waals surface area contributed by atoms with E-state index in [4.69, 9.17) is 0 Å². The largest absolute Gasteiger partial charge is 0.435 e. The van der Waals surface area contributed by atoms with Crippen LogP contribution < -0.4 is 10.1 Å². The predicted octanol–water partition coefficient (Wildman–Crippen LogP) is 6.03. The van der Waals surface area contributed by atoms with Gasteiger partial charge in [-0.3, -0.25) is 4.79 Å². The molecule has 0 unspecified atom stereocenters. The molecular weight excluding hydrogens is 448 g/mol. The van der Waals surface area contributed by atoms with Crippen LogP contribution in [0.5, 0.6) is 5.75 Å². The van der Waals surface area contributed by atoms with Crippen molar-refractivity contribution in [1.82, 2.24) is 5.32 Å². The molecule has 0 aliphatic heterocycles. The highest BCUT2D eigenvalue weighted by Crippen LogP contribution is 2.27. The molecule has 0 saturated heterocycles. The molecule has 1 heterocycles. The molecule has 146 valence electrons. The fourth-order valence-corrected chi connectivity index (χ4v) is 3.92. The molecule has 3 nitrogen and oxygen atoms in total. The summed E-state index contributed by atoms with van der Waals surface area (Å²) >= 11 is 4.94. The van der Waals surface area contributed by atoms with Gasteiger partial charge in [0.25, 0.3) is 0 Å². The third-order valence-electron chi connectivity index (χ3n) is 4.19. The zero-order valence-corrected chi connectivity index (χ0v) is 17.2. The second kappa shape index (κ2) is 9.80. The van der Waals surface area contributed by atoms with Crippen LogP contribution in [0.3, 0.4) is 0 Å². The number of hydrogen-bond donors (Lipinski definition) is 1. The van der Waals surface area contributed by atoms with Gasteiger partial charge in [0.05, 0.1) is 0 Å². The van der Waals surface area contributed by atoms with Crippen LogP contribution in [0, 0.1) is 0 Å². The molecule has 1 amide bonds. The van der Waals surface area contributed by atoms with Crippen LogP contribution in [-0.2, 0) is 17.8 Å². The topological polar surface area (TPSA) is 38.3 Å². The average Bonchev–Trinajstić information content (AvgIpc) is 3.21. The van der Waals surface area contributed by atoms with Gasteiger partial charge in [0, 0.05) is 17.4 Å². The van der Waals surface area contributed by atoms with E-state index in [1.807, 2.05) is 35.7 Å². The summed E-state index contributed by atoms with van der Waals surface area (Å²) in [5, 5.41) is 6.99. The number of aryl methyl sites for hydroxylation is 1. The van der Waals surface area contributed by atoms with E-state index in [-0.39, 0.29) is 18.1 Å². The lowest BCUT2D eigenvalue weighted by atomic mass is 10.0. The normalized spacial score (nSPS) is 10.9. The Morgan fingerprint density at radius 1 is 1.14 bits per heavy atom. The van der Waals surface area contributed by atoms with Crippen LogP contribution in [0.25, 0.3) is 11.1 Å². The minimum Gasteiger partial charge on any atom is -0.435 e. The number of alkyl halides is 2. The molecule has 7 heteroatoms. The molecule has 0 atom stereocenters. The lowest BCUT2D eigenvalue weighted by Gasteiger charge is -2.12. The van der Waals surface area contributed by atoms with Gasteiger partial charge in [-0.2, -0.15) is 20.1 Å². The Labute approximate surface area is 174 Å². The molecule has 0 radical (unpaired) electrons. The summed E-state index contributed by atoms with van der Waals surface area (Å²) in [6.45, 7) is -2.49.